The molecule has 0 radical (unpaired) electrons. The first kappa shape index (κ1) is 14.6. The van der Waals surface area contributed by atoms with E-state index in [1.165, 1.54) is 11.1 Å². The molecule has 0 aliphatic rings. The second-order valence-corrected chi connectivity index (χ2v) is 5.77. The third kappa shape index (κ3) is 2.67. The zero-order valence-corrected chi connectivity index (χ0v) is 13.5. The van der Waals surface area contributed by atoms with E-state index in [1.807, 2.05) is 42.5 Å². The van der Waals surface area contributed by atoms with Gasteiger partial charge < -0.3 is 9.15 Å². The van der Waals surface area contributed by atoms with Gasteiger partial charge in [-0.1, -0.05) is 54.6 Å². The predicted molar refractivity (Wildman–Crippen MR) is 99.5 cm³/mol. The van der Waals surface area contributed by atoms with Gasteiger partial charge in [0.2, 0.25) is 0 Å². The van der Waals surface area contributed by atoms with Crippen LogP contribution in [0.3, 0.4) is 0 Å². The highest BCUT2D eigenvalue weighted by atomic mass is 16.5. The fraction of sp³-hybridized carbons (Fsp3) is 0.0909. The summed E-state index contributed by atoms with van der Waals surface area (Å²) in [5.74, 6) is 0.929. The van der Waals surface area contributed by atoms with Crippen molar-refractivity contribution in [2.75, 3.05) is 7.11 Å². The van der Waals surface area contributed by atoms with E-state index in [2.05, 4.69) is 36.4 Å². The molecule has 0 N–H and O–H groups in total. The minimum atomic E-state index is 0.841. The minimum absolute atomic E-state index is 0.841. The average molecular weight is 314 g/mol. The van der Waals surface area contributed by atoms with Gasteiger partial charge >= 0.3 is 0 Å². The summed E-state index contributed by atoms with van der Waals surface area (Å²) in [7, 11) is 1.71. The summed E-state index contributed by atoms with van der Waals surface area (Å²) in [5, 5.41) is 2.32. The molecular weight excluding hydrogens is 296 g/mol. The van der Waals surface area contributed by atoms with Crippen LogP contribution in [0.5, 0.6) is 5.75 Å². The maximum atomic E-state index is 5.87. The number of allylic oxidation sites excluding steroid dienone is 1. The van der Waals surface area contributed by atoms with E-state index in [-0.39, 0.29) is 0 Å². The minimum Gasteiger partial charge on any atom is -0.496 e. The SMILES string of the molecule is COc1ccccc1C/C=C/c1ccc2oc3ccccc3c2c1. The quantitative estimate of drug-likeness (QED) is 0.471. The van der Waals surface area contributed by atoms with E-state index in [1.54, 1.807) is 7.11 Å². The van der Waals surface area contributed by atoms with Crippen LogP contribution in [-0.2, 0) is 6.42 Å². The zero-order chi connectivity index (χ0) is 16.4. The van der Waals surface area contributed by atoms with Gasteiger partial charge in [0.25, 0.3) is 0 Å². The Morgan fingerprint density at radius 3 is 2.58 bits per heavy atom. The number of hydrogen-bond acceptors (Lipinski definition) is 2. The standard InChI is InChI=1S/C22H18O2/c1-23-20-11-4-2-8-17(20)9-6-7-16-13-14-22-19(15-16)18-10-3-5-12-21(18)24-22/h2-8,10-15H,9H2,1H3/b7-6+. The van der Waals surface area contributed by atoms with Crippen LogP contribution in [0.1, 0.15) is 11.1 Å². The first-order chi connectivity index (χ1) is 11.8. The Morgan fingerprint density at radius 1 is 0.875 bits per heavy atom. The molecule has 1 heterocycles. The van der Waals surface area contributed by atoms with Gasteiger partial charge in [-0.25, -0.2) is 0 Å². The van der Waals surface area contributed by atoms with Crippen LogP contribution in [0.2, 0.25) is 0 Å². The molecule has 4 aromatic rings. The molecule has 0 unspecified atom stereocenters. The lowest BCUT2D eigenvalue weighted by atomic mass is 10.1. The number of ether oxygens (including phenoxy) is 1. The van der Waals surface area contributed by atoms with Crippen LogP contribution in [-0.4, -0.2) is 7.11 Å². The fourth-order valence-electron chi connectivity index (χ4n) is 3.04. The molecule has 2 nitrogen and oxygen atoms in total. The Balaban J connectivity index is 1.63. The number of para-hydroxylation sites is 2. The normalized spacial score (nSPS) is 11.5. The summed E-state index contributed by atoms with van der Waals surface area (Å²) in [4.78, 5) is 0. The van der Waals surface area contributed by atoms with Crippen molar-refractivity contribution < 1.29 is 9.15 Å². The summed E-state index contributed by atoms with van der Waals surface area (Å²) < 4.78 is 11.3. The first-order valence-electron chi connectivity index (χ1n) is 8.05. The van der Waals surface area contributed by atoms with Gasteiger partial charge in [-0.05, 0) is 41.8 Å². The van der Waals surface area contributed by atoms with Crippen LogP contribution in [0.15, 0.2) is 77.2 Å². The van der Waals surface area contributed by atoms with Gasteiger partial charge in [0.1, 0.15) is 16.9 Å². The molecule has 3 aromatic carbocycles. The number of furan rings is 1. The highest BCUT2D eigenvalue weighted by Gasteiger charge is 2.05. The van der Waals surface area contributed by atoms with Crippen LogP contribution < -0.4 is 4.74 Å². The first-order valence-corrected chi connectivity index (χ1v) is 8.05. The summed E-state index contributed by atoms with van der Waals surface area (Å²) in [6.07, 6.45) is 5.16. The Labute approximate surface area is 141 Å². The van der Waals surface area contributed by atoms with Crippen molar-refractivity contribution in [3.63, 3.8) is 0 Å². The third-order valence-corrected chi connectivity index (χ3v) is 4.24. The second-order valence-electron chi connectivity index (χ2n) is 5.77. The molecule has 0 atom stereocenters. The molecule has 0 aliphatic heterocycles. The van der Waals surface area contributed by atoms with Gasteiger partial charge in [-0.3, -0.25) is 0 Å². The van der Waals surface area contributed by atoms with Crippen molar-refractivity contribution in [2.45, 2.75) is 6.42 Å². The molecule has 118 valence electrons. The molecule has 0 amide bonds. The maximum absolute atomic E-state index is 5.87. The Kier molecular flexibility index (Phi) is 3.80. The summed E-state index contributed by atoms with van der Waals surface area (Å²) >= 11 is 0. The Morgan fingerprint density at radius 2 is 1.67 bits per heavy atom. The molecule has 4 rings (SSSR count). The van der Waals surface area contributed by atoms with Crippen LogP contribution in [0.25, 0.3) is 28.0 Å². The van der Waals surface area contributed by atoms with Crippen LogP contribution in [0, 0.1) is 0 Å². The Bertz CT molecular complexity index is 1020. The summed E-state index contributed by atoms with van der Waals surface area (Å²) in [6.45, 7) is 0. The fourth-order valence-corrected chi connectivity index (χ4v) is 3.04. The number of hydrogen-bond donors (Lipinski definition) is 0. The predicted octanol–water partition coefficient (Wildman–Crippen LogP) is 5.85. The molecule has 0 spiro atoms. The van der Waals surface area contributed by atoms with Gasteiger partial charge in [0.05, 0.1) is 7.11 Å². The number of benzene rings is 3. The monoisotopic (exact) mass is 314 g/mol. The van der Waals surface area contributed by atoms with Gasteiger partial charge in [-0.15, -0.1) is 0 Å². The maximum Gasteiger partial charge on any atom is 0.135 e. The van der Waals surface area contributed by atoms with E-state index in [0.29, 0.717) is 0 Å². The molecule has 0 saturated heterocycles. The van der Waals surface area contributed by atoms with Gasteiger partial charge in [-0.2, -0.15) is 0 Å². The molecule has 0 aliphatic carbocycles. The van der Waals surface area contributed by atoms with Crippen molar-refractivity contribution in [2.24, 2.45) is 0 Å². The third-order valence-electron chi connectivity index (χ3n) is 4.24. The van der Waals surface area contributed by atoms with E-state index >= 15 is 0 Å². The number of rotatable bonds is 4. The van der Waals surface area contributed by atoms with Crippen LogP contribution >= 0.6 is 0 Å². The van der Waals surface area contributed by atoms with Crippen molar-refractivity contribution in [1.29, 1.82) is 0 Å². The molecule has 24 heavy (non-hydrogen) atoms. The molecule has 0 bridgehead atoms. The topological polar surface area (TPSA) is 22.4 Å². The van der Waals surface area contributed by atoms with E-state index < -0.39 is 0 Å². The lowest BCUT2D eigenvalue weighted by Gasteiger charge is -2.05. The van der Waals surface area contributed by atoms with Crippen molar-refractivity contribution in [3.8, 4) is 5.75 Å². The smallest absolute Gasteiger partial charge is 0.135 e. The van der Waals surface area contributed by atoms with E-state index in [0.717, 1.165) is 34.1 Å². The Hall–Kier alpha value is -3.00. The van der Waals surface area contributed by atoms with Crippen molar-refractivity contribution >= 4 is 28.0 Å². The lowest BCUT2D eigenvalue weighted by Crippen LogP contribution is -1.89. The highest BCUT2D eigenvalue weighted by molar-refractivity contribution is 6.05. The van der Waals surface area contributed by atoms with Crippen LogP contribution in [0.4, 0.5) is 0 Å². The average Bonchev–Trinajstić information content (AvgIpc) is 3.00. The molecular formula is C22H18O2. The van der Waals surface area contributed by atoms with Crippen molar-refractivity contribution in [1.82, 2.24) is 0 Å². The van der Waals surface area contributed by atoms with Crippen molar-refractivity contribution in [3.05, 3.63) is 83.9 Å². The lowest BCUT2D eigenvalue weighted by molar-refractivity contribution is 0.411. The second kappa shape index (κ2) is 6.25. The highest BCUT2D eigenvalue weighted by Crippen LogP contribution is 2.29. The zero-order valence-electron chi connectivity index (χ0n) is 13.5. The van der Waals surface area contributed by atoms with E-state index in [9.17, 15) is 0 Å². The van der Waals surface area contributed by atoms with E-state index in [4.69, 9.17) is 9.15 Å². The largest absolute Gasteiger partial charge is 0.496 e. The summed E-state index contributed by atoms with van der Waals surface area (Å²) in [5.41, 5.74) is 4.22. The van der Waals surface area contributed by atoms with Gasteiger partial charge in [0.15, 0.2) is 0 Å². The molecule has 2 heteroatoms. The summed E-state index contributed by atoms with van der Waals surface area (Å²) in [6, 6.07) is 22.6. The van der Waals surface area contributed by atoms with Gasteiger partial charge in [0, 0.05) is 10.8 Å². The number of methoxy groups -OCH3 is 1. The molecule has 1 aromatic heterocycles. The molecule has 0 fully saturated rings. The number of fused-ring (bicyclic) bond motifs is 3. The molecule has 0 saturated carbocycles.